The van der Waals surface area contributed by atoms with Gasteiger partial charge in [0.1, 0.15) is 17.4 Å². The predicted molar refractivity (Wildman–Crippen MR) is 44.6 cm³/mol. The third-order valence-corrected chi connectivity index (χ3v) is 2.12. The second-order valence-corrected chi connectivity index (χ2v) is 2.81. The standard InChI is InChI=1S/C8H7NOS/c1-11-8-4-2-3-7(10)6(8)5-9/h2-4,10H,1H3. The summed E-state index contributed by atoms with van der Waals surface area (Å²) in [5, 5.41) is 17.8. The van der Waals surface area contributed by atoms with Gasteiger partial charge in [0.15, 0.2) is 0 Å². The monoisotopic (exact) mass is 165 g/mol. The first-order chi connectivity index (χ1) is 5.29. The molecule has 0 aliphatic heterocycles. The van der Waals surface area contributed by atoms with E-state index >= 15 is 0 Å². The first-order valence-electron chi connectivity index (χ1n) is 3.05. The van der Waals surface area contributed by atoms with Crippen molar-refractivity contribution in [2.24, 2.45) is 0 Å². The van der Waals surface area contributed by atoms with Crippen molar-refractivity contribution in [3.63, 3.8) is 0 Å². The number of hydrogen-bond donors (Lipinski definition) is 1. The summed E-state index contributed by atoms with van der Waals surface area (Å²) in [6, 6.07) is 6.99. The average Bonchev–Trinajstić information content (AvgIpc) is 2.04. The van der Waals surface area contributed by atoms with Crippen molar-refractivity contribution in [3.05, 3.63) is 23.8 Å². The molecule has 1 N–H and O–H groups in total. The normalized spacial score (nSPS) is 9.09. The van der Waals surface area contributed by atoms with Crippen LogP contribution in [0, 0.1) is 11.3 Å². The Morgan fingerprint density at radius 3 is 2.73 bits per heavy atom. The lowest BCUT2D eigenvalue weighted by Gasteiger charge is -1.99. The lowest BCUT2D eigenvalue weighted by atomic mass is 10.2. The fourth-order valence-corrected chi connectivity index (χ4v) is 1.37. The summed E-state index contributed by atoms with van der Waals surface area (Å²) in [7, 11) is 0. The molecule has 0 heterocycles. The van der Waals surface area contributed by atoms with Crippen molar-refractivity contribution in [2.75, 3.05) is 6.26 Å². The molecule has 2 nitrogen and oxygen atoms in total. The number of phenols is 1. The second kappa shape index (κ2) is 3.31. The largest absolute Gasteiger partial charge is 0.507 e. The Balaban J connectivity index is 3.27. The van der Waals surface area contributed by atoms with E-state index in [1.807, 2.05) is 18.4 Å². The van der Waals surface area contributed by atoms with E-state index in [1.54, 1.807) is 6.07 Å². The fraction of sp³-hybridized carbons (Fsp3) is 0.125. The van der Waals surface area contributed by atoms with Crippen LogP contribution in [0.1, 0.15) is 5.56 Å². The highest BCUT2D eigenvalue weighted by atomic mass is 32.2. The Hall–Kier alpha value is -1.14. The molecule has 1 aromatic carbocycles. The lowest BCUT2D eigenvalue weighted by molar-refractivity contribution is 0.472. The van der Waals surface area contributed by atoms with E-state index in [0.29, 0.717) is 5.56 Å². The van der Waals surface area contributed by atoms with Crippen LogP contribution in [0.4, 0.5) is 0 Å². The maximum atomic E-state index is 9.19. The molecule has 0 unspecified atom stereocenters. The van der Waals surface area contributed by atoms with Gasteiger partial charge in [-0.05, 0) is 18.4 Å². The maximum absolute atomic E-state index is 9.19. The predicted octanol–water partition coefficient (Wildman–Crippen LogP) is 1.99. The van der Waals surface area contributed by atoms with E-state index in [2.05, 4.69) is 0 Å². The third-order valence-electron chi connectivity index (χ3n) is 1.34. The number of nitriles is 1. The van der Waals surface area contributed by atoms with Gasteiger partial charge in [-0.25, -0.2) is 0 Å². The SMILES string of the molecule is CSc1cccc(O)c1C#N. The Morgan fingerprint density at radius 1 is 1.55 bits per heavy atom. The summed E-state index contributed by atoms with van der Waals surface area (Å²) < 4.78 is 0. The molecule has 0 saturated heterocycles. The van der Waals surface area contributed by atoms with Crippen LogP contribution >= 0.6 is 11.8 Å². The van der Waals surface area contributed by atoms with Crippen molar-refractivity contribution in [2.45, 2.75) is 4.90 Å². The first kappa shape index (κ1) is 7.96. The molecule has 0 bridgehead atoms. The number of aromatic hydroxyl groups is 1. The summed E-state index contributed by atoms with van der Waals surface area (Å²) in [6.07, 6.45) is 1.87. The molecule has 0 amide bonds. The highest BCUT2D eigenvalue weighted by Gasteiger charge is 2.04. The number of hydrogen-bond acceptors (Lipinski definition) is 3. The molecule has 0 fully saturated rings. The van der Waals surface area contributed by atoms with Crippen molar-refractivity contribution in [3.8, 4) is 11.8 Å². The Kier molecular flexibility index (Phi) is 2.40. The number of nitrogens with zero attached hydrogens (tertiary/aromatic N) is 1. The molecule has 0 atom stereocenters. The maximum Gasteiger partial charge on any atom is 0.134 e. The highest BCUT2D eigenvalue weighted by Crippen LogP contribution is 2.26. The highest BCUT2D eigenvalue weighted by molar-refractivity contribution is 7.98. The topological polar surface area (TPSA) is 44.0 Å². The number of rotatable bonds is 1. The average molecular weight is 165 g/mol. The second-order valence-electron chi connectivity index (χ2n) is 1.97. The number of benzene rings is 1. The fourth-order valence-electron chi connectivity index (χ4n) is 0.802. The zero-order valence-electron chi connectivity index (χ0n) is 6.03. The van der Waals surface area contributed by atoms with Gasteiger partial charge < -0.3 is 5.11 Å². The van der Waals surface area contributed by atoms with Crippen LogP contribution in [0.3, 0.4) is 0 Å². The number of thioether (sulfide) groups is 1. The van der Waals surface area contributed by atoms with Gasteiger partial charge in [0.05, 0.1) is 0 Å². The van der Waals surface area contributed by atoms with E-state index in [-0.39, 0.29) is 5.75 Å². The van der Waals surface area contributed by atoms with Crippen molar-refractivity contribution >= 4 is 11.8 Å². The van der Waals surface area contributed by atoms with Gasteiger partial charge in [-0.15, -0.1) is 11.8 Å². The minimum absolute atomic E-state index is 0.0550. The Labute approximate surface area is 69.5 Å². The van der Waals surface area contributed by atoms with E-state index in [1.165, 1.54) is 17.8 Å². The van der Waals surface area contributed by atoms with Crippen LogP contribution in [-0.4, -0.2) is 11.4 Å². The van der Waals surface area contributed by atoms with Crippen LogP contribution in [0.5, 0.6) is 5.75 Å². The number of phenolic OH excluding ortho intramolecular Hbond substituents is 1. The Morgan fingerprint density at radius 2 is 2.27 bits per heavy atom. The van der Waals surface area contributed by atoms with Crippen LogP contribution in [0.2, 0.25) is 0 Å². The first-order valence-corrected chi connectivity index (χ1v) is 4.28. The van der Waals surface area contributed by atoms with Crippen LogP contribution < -0.4 is 0 Å². The van der Waals surface area contributed by atoms with Gasteiger partial charge in [-0.1, -0.05) is 6.07 Å². The molecule has 0 aliphatic rings. The van der Waals surface area contributed by atoms with Gasteiger partial charge in [0, 0.05) is 4.90 Å². The van der Waals surface area contributed by atoms with Gasteiger partial charge >= 0.3 is 0 Å². The molecular formula is C8H7NOS. The zero-order valence-corrected chi connectivity index (χ0v) is 6.85. The lowest BCUT2D eigenvalue weighted by Crippen LogP contribution is -1.79. The van der Waals surface area contributed by atoms with E-state index in [4.69, 9.17) is 5.26 Å². The van der Waals surface area contributed by atoms with Gasteiger partial charge in [0.2, 0.25) is 0 Å². The summed E-state index contributed by atoms with van der Waals surface area (Å²) in [5.41, 5.74) is 0.361. The molecule has 0 aromatic heterocycles. The molecule has 3 heteroatoms. The van der Waals surface area contributed by atoms with Crippen molar-refractivity contribution in [1.29, 1.82) is 5.26 Å². The molecule has 1 rings (SSSR count). The Bertz CT molecular complexity index is 303. The van der Waals surface area contributed by atoms with Gasteiger partial charge in [-0.2, -0.15) is 5.26 Å². The smallest absolute Gasteiger partial charge is 0.134 e. The van der Waals surface area contributed by atoms with E-state index < -0.39 is 0 Å². The van der Waals surface area contributed by atoms with E-state index in [0.717, 1.165) is 4.90 Å². The van der Waals surface area contributed by atoms with E-state index in [9.17, 15) is 5.11 Å². The minimum Gasteiger partial charge on any atom is -0.507 e. The molecule has 0 saturated carbocycles. The molecule has 1 aromatic rings. The van der Waals surface area contributed by atoms with Gasteiger partial charge in [0.25, 0.3) is 0 Å². The van der Waals surface area contributed by atoms with Gasteiger partial charge in [-0.3, -0.25) is 0 Å². The molecule has 0 radical (unpaired) electrons. The molecular weight excluding hydrogens is 158 g/mol. The third kappa shape index (κ3) is 1.47. The minimum atomic E-state index is 0.0550. The summed E-state index contributed by atoms with van der Waals surface area (Å²) >= 11 is 1.45. The summed E-state index contributed by atoms with van der Waals surface area (Å²) in [6.45, 7) is 0. The van der Waals surface area contributed by atoms with Crippen molar-refractivity contribution < 1.29 is 5.11 Å². The molecule has 0 aliphatic carbocycles. The quantitative estimate of drug-likeness (QED) is 0.647. The van der Waals surface area contributed by atoms with Crippen LogP contribution in [0.25, 0.3) is 0 Å². The summed E-state index contributed by atoms with van der Waals surface area (Å²) in [5.74, 6) is 0.0550. The molecule has 0 spiro atoms. The van der Waals surface area contributed by atoms with Crippen molar-refractivity contribution in [1.82, 2.24) is 0 Å². The molecule has 11 heavy (non-hydrogen) atoms. The zero-order chi connectivity index (χ0) is 8.27. The molecule has 56 valence electrons. The van der Waals surface area contributed by atoms with Crippen LogP contribution in [0.15, 0.2) is 23.1 Å². The van der Waals surface area contributed by atoms with Crippen LogP contribution in [-0.2, 0) is 0 Å². The summed E-state index contributed by atoms with van der Waals surface area (Å²) in [4.78, 5) is 0.813.